The highest BCUT2D eigenvalue weighted by atomic mass is 32.2. The van der Waals surface area contributed by atoms with Crippen LogP contribution in [-0.2, 0) is 50.6 Å². The van der Waals surface area contributed by atoms with Crippen LogP contribution in [0, 0.1) is 6.92 Å². The fourth-order valence-electron chi connectivity index (χ4n) is 6.34. The van der Waals surface area contributed by atoms with Crippen LogP contribution in [0.2, 0.25) is 0 Å². The first-order valence-corrected chi connectivity index (χ1v) is 18.2. The first kappa shape index (κ1) is 35.6. The monoisotopic (exact) mass is 693 g/mol. The summed E-state index contributed by atoms with van der Waals surface area (Å²) in [5, 5.41) is 24.0. The van der Waals surface area contributed by atoms with Crippen LogP contribution >= 0.6 is 0 Å². The fourth-order valence-corrected chi connectivity index (χ4v) is 7.97. The van der Waals surface area contributed by atoms with Crippen LogP contribution < -0.4 is 0 Å². The minimum atomic E-state index is -4.27. The highest BCUT2D eigenvalue weighted by Gasteiger charge is 2.56. The zero-order valence-electron chi connectivity index (χ0n) is 27.9. The third kappa shape index (κ3) is 8.57. The molecule has 1 aliphatic rings. The van der Waals surface area contributed by atoms with E-state index in [9.17, 15) is 18.6 Å². The molecule has 0 aromatic heterocycles. The van der Waals surface area contributed by atoms with Crippen molar-refractivity contribution in [2.75, 3.05) is 0 Å². The average Bonchev–Trinajstić information content (AvgIpc) is 3.15. The highest BCUT2D eigenvalue weighted by Crippen LogP contribution is 2.36. The summed E-state index contributed by atoms with van der Waals surface area (Å²) in [7, 11) is -4.27. The number of hydrogen-bond donors (Lipinski definition) is 2. The number of nitrogens with zero attached hydrogens (tertiary/aromatic N) is 1. The second-order valence-corrected chi connectivity index (χ2v) is 14.5. The number of rotatable bonds is 14. The van der Waals surface area contributed by atoms with E-state index < -0.39 is 46.6 Å². The lowest BCUT2D eigenvalue weighted by Gasteiger charge is -2.50. The molecule has 0 aliphatic heterocycles. The fraction of sp³-hybridized carbons (Fsp3) is 0.268. The van der Waals surface area contributed by atoms with Gasteiger partial charge in [-0.05, 0) is 41.3 Å². The Kier molecular flexibility index (Phi) is 11.9. The molecule has 0 amide bonds. The highest BCUT2D eigenvalue weighted by molar-refractivity contribution is 7.89. The van der Waals surface area contributed by atoms with Gasteiger partial charge in [-0.3, -0.25) is 0 Å². The van der Waals surface area contributed by atoms with Crippen LogP contribution in [0.3, 0.4) is 0 Å². The van der Waals surface area contributed by atoms with E-state index >= 15 is 0 Å². The third-order valence-corrected chi connectivity index (χ3v) is 10.9. The summed E-state index contributed by atoms with van der Waals surface area (Å²) in [5.41, 5.74) is 4.21. The van der Waals surface area contributed by atoms with E-state index in [1.54, 1.807) is 24.3 Å². The third-order valence-electron chi connectivity index (χ3n) is 9.02. The molecule has 260 valence electrons. The number of aliphatic hydroxyl groups is 2. The molecule has 1 saturated carbocycles. The van der Waals surface area contributed by atoms with Crippen LogP contribution in [0.25, 0.3) is 0 Å². The lowest BCUT2D eigenvalue weighted by Crippen LogP contribution is -2.70. The Morgan fingerprint density at radius 2 is 0.920 bits per heavy atom. The molecular formula is C41H43NO7S. The molecule has 1 aliphatic carbocycles. The van der Waals surface area contributed by atoms with Gasteiger partial charge in [-0.25, -0.2) is 8.42 Å². The molecule has 0 bridgehead atoms. The lowest BCUT2D eigenvalue weighted by atomic mass is 9.82. The SMILES string of the molecule is Cc1ccc(S(=O)(=O)N(Cc2ccccc2)[C@H]2[C@H](O)[C@@H](O)[C@@H](OCc3ccccc3)[C@@H](OCc3ccccc3)[C@@H]2OCc2ccccc2)cc1. The maximum Gasteiger partial charge on any atom is 0.243 e. The van der Waals surface area contributed by atoms with Gasteiger partial charge >= 0.3 is 0 Å². The molecule has 0 unspecified atom stereocenters. The number of ether oxygens (including phenoxy) is 3. The van der Waals surface area contributed by atoms with Gasteiger partial charge in [-0.15, -0.1) is 0 Å². The van der Waals surface area contributed by atoms with Gasteiger partial charge < -0.3 is 24.4 Å². The van der Waals surface area contributed by atoms with Gasteiger partial charge in [0.05, 0.1) is 30.8 Å². The van der Waals surface area contributed by atoms with Gasteiger partial charge in [-0.1, -0.05) is 139 Å². The standard InChI is InChI=1S/C41H43NO7S/c1-30-22-24-35(25-23-30)50(45,46)42(26-31-14-6-2-7-15-31)36-37(43)38(44)40(48-28-33-18-10-4-11-19-33)41(49-29-34-20-12-5-13-21-34)39(36)47-27-32-16-8-3-9-17-32/h2-25,36-41,43-44H,26-29H2,1H3/t36-,37-,38+,39+,40+,41-/m0/s1. The Hall–Kier alpha value is -4.19. The molecule has 6 atom stereocenters. The molecule has 50 heavy (non-hydrogen) atoms. The largest absolute Gasteiger partial charge is 0.389 e. The van der Waals surface area contributed by atoms with Gasteiger partial charge in [0, 0.05) is 6.54 Å². The Balaban J connectivity index is 1.45. The average molecular weight is 694 g/mol. The van der Waals surface area contributed by atoms with E-state index in [1.165, 1.54) is 4.31 Å². The Morgan fingerprint density at radius 3 is 1.38 bits per heavy atom. The molecule has 5 aromatic rings. The Bertz CT molecular complexity index is 1860. The van der Waals surface area contributed by atoms with Crippen molar-refractivity contribution in [2.24, 2.45) is 0 Å². The van der Waals surface area contributed by atoms with E-state index in [4.69, 9.17) is 14.2 Å². The molecule has 6 rings (SSSR count). The zero-order valence-corrected chi connectivity index (χ0v) is 28.8. The molecule has 2 N–H and O–H groups in total. The zero-order chi connectivity index (χ0) is 34.9. The van der Waals surface area contributed by atoms with Crippen LogP contribution in [-0.4, -0.2) is 59.5 Å². The molecule has 0 heterocycles. The van der Waals surface area contributed by atoms with Crippen molar-refractivity contribution >= 4 is 10.0 Å². The lowest BCUT2D eigenvalue weighted by molar-refractivity contribution is -0.246. The molecule has 0 radical (unpaired) electrons. The van der Waals surface area contributed by atoms with Crippen molar-refractivity contribution < 1.29 is 32.8 Å². The number of aryl methyl sites for hydroxylation is 1. The van der Waals surface area contributed by atoms with Crippen LogP contribution in [0.5, 0.6) is 0 Å². The molecule has 1 fully saturated rings. The van der Waals surface area contributed by atoms with Crippen molar-refractivity contribution in [1.29, 1.82) is 0 Å². The summed E-state index contributed by atoms with van der Waals surface area (Å²) < 4.78 is 50.3. The molecular weight excluding hydrogens is 651 g/mol. The minimum absolute atomic E-state index is 0.0618. The van der Waals surface area contributed by atoms with Gasteiger partial charge in [-0.2, -0.15) is 4.31 Å². The van der Waals surface area contributed by atoms with Crippen LogP contribution in [0.4, 0.5) is 0 Å². The molecule has 0 spiro atoms. The molecule has 8 nitrogen and oxygen atoms in total. The van der Waals surface area contributed by atoms with Crippen LogP contribution in [0.15, 0.2) is 150 Å². The van der Waals surface area contributed by atoms with Crippen molar-refractivity contribution in [3.63, 3.8) is 0 Å². The van der Waals surface area contributed by atoms with Crippen molar-refractivity contribution in [3.05, 3.63) is 173 Å². The second-order valence-electron chi connectivity index (χ2n) is 12.6. The summed E-state index contributed by atoms with van der Waals surface area (Å²) in [4.78, 5) is 0.0618. The van der Waals surface area contributed by atoms with Gasteiger partial charge in [0.2, 0.25) is 10.0 Å². The first-order chi connectivity index (χ1) is 24.3. The first-order valence-electron chi connectivity index (χ1n) is 16.8. The van der Waals surface area contributed by atoms with Gasteiger partial charge in [0.15, 0.2) is 0 Å². The smallest absolute Gasteiger partial charge is 0.243 e. The summed E-state index contributed by atoms with van der Waals surface area (Å²) in [5.74, 6) is 0. The molecule has 0 saturated heterocycles. The van der Waals surface area contributed by atoms with E-state index in [1.807, 2.05) is 128 Å². The number of sulfonamides is 1. The topological polar surface area (TPSA) is 106 Å². The van der Waals surface area contributed by atoms with Gasteiger partial charge in [0.25, 0.3) is 0 Å². The maximum absolute atomic E-state index is 14.7. The van der Waals surface area contributed by atoms with E-state index in [-0.39, 0.29) is 31.3 Å². The van der Waals surface area contributed by atoms with E-state index in [0.717, 1.165) is 22.3 Å². The van der Waals surface area contributed by atoms with Crippen molar-refractivity contribution in [2.45, 2.75) is 74.7 Å². The number of aliphatic hydroxyl groups excluding tert-OH is 2. The molecule has 9 heteroatoms. The minimum Gasteiger partial charge on any atom is -0.389 e. The van der Waals surface area contributed by atoms with Crippen LogP contribution in [0.1, 0.15) is 27.8 Å². The molecule has 5 aromatic carbocycles. The summed E-state index contributed by atoms with van der Waals surface area (Å²) >= 11 is 0. The van der Waals surface area contributed by atoms with Gasteiger partial charge in [0.1, 0.15) is 30.5 Å². The second kappa shape index (κ2) is 16.7. The normalized spacial score (nSPS) is 22.4. The number of hydrogen-bond acceptors (Lipinski definition) is 7. The van der Waals surface area contributed by atoms with Crippen molar-refractivity contribution in [1.82, 2.24) is 4.31 Å². The summed E-state index contributed by atoms with van der Waals surface area (Å²) in [6, 6.07) is 43.1. The predicted octanol–water partition coefficient (Wildman–Crippen LogP) is 6.05. The van der Waals surface area contributed by atoms with E-state index in [0.29, 0.717) is 5.56 Å². The number of benzene rings is 5. The van der Waals surface area contributed by atoms with E-state index in [2.05, 4.69) is 0 Å². The Morgan fingerprint density at radius 1 is 0.520 bits per heavy atom. The summed E-state index contributed by atoms with van der Waals surface area (Å²) in [6.45, 7) is 2.17. The Labute approximate surface area is 294 Å². The van der Waals surface area contributed by atoms with Crippen molar-refractivity contribution in [3.8, 4) is 0 Å². The predicted molar refractivity (Wildman–Crippen MR) is 191 cm³/mol. The maximum atomic E-state index is 14.7. The quantitative estimate of drug-likeness (QED) is 0.146. The summed E-state index contributed by atoms with van der Waals surface area (Å²) in [6.07, 6.45) is -6.24.